The van der Waals surface area contributed by atoms with E-state index in [2.05, 4.69) is 0 Å². The molecular weight excluding hydrogens is 382 g/mol. The highest BCUT2D eigenvalue weighted by molar-refractivity contribution is 7.92. The average molecular weight is 400 g/mol. The molecule has 1 atom stereocenters. The summed E-state index contributed by atoms with van der Waals surface area (Å²) in [7, 11) is -2.32. The minimum Gasteiger partial charge on any atom is -0.497 e. The summed E-state index contributed by atoms with van der Waals surface area (Å²) < 4.78 is 32.4. The van der Waals surface area contributed by atoms with Crippen LogP contribution in [0.15, 0.2) is 47.4 Å². The molecule has 10 heteroatoms. The molecule has 0 amide bonds. The lowest BCUT2D eigenvalue weighted by Crippen LogP contribution is -2.38. The lowest BCUT2D eigenvalue weighted by atomic mass is 9.98. The highest BCUT2D eigenvalue weighted by Gasteiger charge is 2.32. The van der Waals surface area contributed by atoms with Gasteiger partial charge >= 0.3 is 0 Å². The maximum Gasteiger partial charge on any atom is 0.269 e. The van der Waals surface area contributed by atoms with Gasteiger partial charge in [-0.25, -0.2) is 8.42 Å². The first-order valence-electron chi connectivity index (χ1n) is 7.55. The summed E-state index contributed by atoms with van der Waals surface area (Å²) in [5.74, 6) is 0.601. The lowest BCUT2D eigenvalue weighted by Gasteiger charge is -2.33. The third-order valence-electron chi connectivity index (χ3n) is 4.18. The topological polar surface area (TPSA) is 116 Å². The zero-order valence-corrected chi connectivity index (χ0v) is 15.5. The Morgan fingerprint density at radius 3 is 2.46 bits per heavy atom. The Labute approximate surface area is 157 Å². The number of hydrogen-bond donors (Lipinski definition) is 1. The fourth-order valence-electron chi connectivity index (χ4n) is 2.83. The SMILES string of the molecule is COc1ccc2c(c1)C(N)CCN2S(=O)(=O)c1ccc([N+](=O)[O-])cc1.Cl. The smallest absolute Gasteiger partial charge is 0.269 e. The molecule has 8 nitrogen and oxygen atoms in total. The van der Waals surface area contributed by atoms with Gasteiger partial charge in [-0.3, -0.25) is 14.4 Å². The van der Waals surface area contributed by atoms with Gasteiger partial charge in [0, 0.05) is 24.7 Å². The minimum atomic E-state index is -3.85. The molecule has 1 unspecified atom stereocenters. The van der Waals surface area contributed by atoms with Crippen molar-refractivity contribution in [1.82, 2.24) is 0 Å². The van der Waals surface area contributed by atoms with Gasteiger partial charge in [-0.15, -0.1) is 12.4 Å². The van der Waals surface area contributed by atoms with Crippen LogP contribution in [0.3, 0.4) is 0 Å². The van der Waals surface area contributed by atoms with Crippen molar-refractivity contribution in [3.63, 3.8) is 0 Å². The van der Waals surface area contributed by atoms with E-state index in [1.807, 2.05) is 0 Å². The van der Waals surface area contributed by atoms with E-state index in [-0.39, 0.29) is 35.6 Å². The van der Waals surface area contributed by atoms with Gasteiger partial charge in [-0.2, -0.15) is 0 Å². The summed E-state index contributed by atoms with van der Waals surface area (Å²) in [6, 6.07) is 9.63. The van der Waals surface area contributed by atoms with Crippen LogP contribution in [0.1, 0.15) is 18.0 Å². The Balaban J connectivity index is 0.00000243. The number of sulfonamides is 1. The normalized spacial score (nSPS) is 16.4. The van der Waals surface area contributed by atoms with Crippen molar-refractivity contribution >= 4 is 33.8 Å². The van der Waals surface area contributed by atoms with Crippen LogP contribution >= 0.6 is 12.4 Å². The molecule has 0 spiro atoms. The second kappa shape index (κ2) is 7.48. The van der Waals surface area contributed by atoms with Gasteiger partial charge in [0.1, 0.15) is 5.75 Å². The van der Waals surface area contributed by atoms with E-state index in [1.54, 1.807) is 18.2 Å². The van der Waals surface area contributed by atoms with E-state index < -0.39 is 14.9 Å². The van der Waals surface area contributed by atoms with Crippen LogP contribution in [-0.4, -0.2) is 27.0 Å². The predicted octanol–water partition coefficient (Wildman–Crippen LogP) is 2.62. The second-order valence-electron chi connectivity index (χ2n) is 5.65. The number of hydrogen-bond acceptors (Lipinski definition) is 6. The molecule has 0 saturated heterocycles. The molecule has 2 aromatic rings. The average Bonchev–Trinajstić information content (AvgIpc) is 2.61. The van der Waals surface area contributed by atoms with Gasteiger partial charge in [0.2, 0.25) is 0 Å². The third-order valence-corrected chi connectivity index (χ3v) is 6.01. The number of non-ortho nitro benzene ring substituents is 1. The Hall–Kier alpha value is -2.36. The van der Waals surface area contributed by atoms with E-state index in [0.29, 0.717) is 23.4 Å². The number of fused-ring (bicyclic) bond motifs is 1. The van der Waals surface area contributed by atoms with Crippen molar-refractivity contribution in [2.45, 2.75) is 17.4 Å². The van der Waals surface area contributed by atoms with Gasteiger partial charge in [-0.05, 0) is 42.3 Å². The van der Waals surface area contributed by atoms with Crippen LogP contribution in [0, 0.1) is 10.1 Å². The van der Waals surface area contributed by atoms with E-state index in [9.17, 15) is 18.5 Å². The molecule has 2 N–H and O–H groups in total. The number of nitro groups is 1. The number of anilines is 1. The predicted molar refractivity (Wildman–Crippen MR) is 99.4 cm³/mol. The Kier molecular flexibility index (Phi) is 5.74. The highest BCUT2D eigenvalue weighted by Crippen LogP contribution is 2.38. The molecule has 140 valence electrons. The summed E-state index contributed by atoms with van der Waals surface area (Å²) in [5, 5.41) is 10.7. The molecule has 0 aromatic heterocycles. The molecule has 1 heterocycles. The van der Waals surface area contributed by atoms with Crippen molar-refractivity contribution < 1.29 is 18.1 Å². The van der Waals surface area contributed by atoms with Gasteiger partial charge in [-0.1, -0.05) is 0 Å². The van der Waals surface area contributed by atoms with E-state index in [1.165, 1.54) is 35.7 Å². The van der Waals surface area contributed by atoms with Crippen molar-refractivity contribution in [2.75, 3.05) is 18.0 Å². The van der Waals surface area contributed by atoms with Crippen molar-refractivity contribution in [1.29, 1.82) is 0 Å². The van der Waals surface area contributed by atoms with Crippen molar-refractivity contribution in [3.8, 4) is 5.75 Å². The van der Waals surface area contributed by atoms with Crippen LogP contribution in [0.5, 0.6) is 5.75 Å². The number of nitrogens with zero attached hydrogens (tertiary/aromatic N) is 2. The summed E-state index contributed by atoms with van der Waals surface area (Å²) >= 11 is 0. The number of halogens is 1. The summed E-state index contributed by atoms with van der Waals surface area (Å²) in [4.78, 5) is 10.2. The van der Waals surface area contributed by atoms with Crippen molar-refractivity contribution in [3.05, 3.63) is 58.1 Å². The number of benzene rings is 2. The summed E-state index contributed by atoms with van der Waals surface area (Å²) in [6.45, 7) is 0.236. The Bertz CT molecular complexity index is 918. The van der Waals surface area contributed by atoms with Crippen molar-refractivity contribution in [2.24, 2.45) is 5.73 Å². The number of ether oxygens (including phenoxy) is 1. The molecule has 1 aliphatic heterocycles. The maximum atomic E-state index is 13.0. The highest BCUT2D eigenvalue weighted by atomic mass is 35.5. The van der Waals surface area contributed by atoms with E-state index in [0.717, 1.165) is 0 Å². The molecule has 1 aliphatic rings. The number of rotatable bonds is 4. The first-order chi connectivity index (χ1) is 11.8. The molecule has 0 saturated carbocycles. The number of nitrogens with two attached hydrogens (primary N) is 1. The van der Waals surface area contributed by atoms with Crippen LogP contribution in [0.2, 0.25) is 0 Å². The van der Waals surface area contributed by atoms with Gasteiger partial charge in [0.25, 0.3) is 15.7 Å². The Morgan fingerprint density at radius 2 is 1.88 bits per heavy atom. The van der Waals surface area contributed by atoms with Crippen LogP contribution in [0.25, 0.3) is 0 Å². The Morgan fingerprint density at radius 1 is 1.23 bits per heavy atom. The van der Waals surface area contributed by atoms with Crippen LogP contribution < -0.4 is 14.8 Å². The molecule has 0 aliphatic carbocycles. The maximum absolute atomic E-state index is 13.0. The fraction of sp³-hybridized carbons (Fsp3) is 0.250. The quantitative estimate of drug-likeness (QED) is 0.624. The first-order valence-corrected chi connectivity index (χ1v) is 8.99. The summed E-state index contributed by atoms with van der Waals surface area (Å²) in [5.41, 5.74) is 7.14. The minimum absolute atomic E-state index is 0. The molecule has 3 rings (SSSR count). The second-order valence-corrected chi connectivity index (χ2v) is 7.51. The molecule has 0 radical (unpaired) electrons. The van der Waals surface area contributed by atoms with Crippen LogP contribution in [-0.2, 0) is 10.0 Å². The number of methoxy groups -OCH3 is 1. The zero-order chi connectivity index (χ0) is 18.2. The lowest BCUT2D eigenvalue weighted by molar-refractivity contribution is -0.384. The third kappa shape index (κ3) is 3.46. The molecule has 2 aromatic carbocycles. The van der Waals surface area contributed by atoms with Gasteiger partial charge < -0.3 is 10.5 Å². The van der Waals surface area contributed by atoms with E-state index in [4.69, 9.17) is 10.5 Å². The fourth-order valence-corrected chi connectivity index (χ4v) is 4.34. The number of nitro benzene ring substituents is 1. The first kappa shape index (κ1) is 20.0. The van der Waals surface area contributed by atoms with E-state index >= 15 is 0 Å². The molecule has 0 bridgehead atoms. The molecule has 0 fully saturated rings. The zero-order valence-electron chi connectivity index (χ0n) is 13.9. The molecular formula is C16H18ClN3O5S. The molecule has 26 heavy (non-hydrogen) atoms. The standard InChI is InChI=1S/C16H17N3O5S.ClH/c1-24-12-4-7-16-14(10-12)15(17)8-9-18(16)25(22,23)13-5-2-11(3-6-13)19(20)21;/h2-7,10,15H,8-9,17H2,1H3;1H. The summed E-state index contributed by atoms with van der Waals surface area (Å²) in [6.07, 6.45) is 0.465. The monoisotopic (exact) mass is 399 g/mol. The largest absolute Gasteiger partial charge is 0.497 e. The van der Waals surface area contributed by atoms with Gasteiger partial charge in [0.15, 0.2) is 0 Å². The van der Waals surface area contributed by atoms with Crippen LogP contribution in [0.4, 0.5) is 11.4 Å². The van der Waals surface area contributed by atoms with Gasteiger partial charge in [0.05, 0.1) is 22.6 Å².